The Morgan fingerprint density at radius 3 is 3.07 bits per heavy atom. The summed E-state index contributed by atoms with van der Waals surface area (Å²) in [5, 5.41) is 20.4. The summed E-state index contributed by atoms with van der Waals surface area (Å²) in [7, 11) is 0. The normalized spacial score (nSPS) is 11.2. The summed E-state index contributed by atoms with van der Waals surface area (Å²) in [6, 6.07) is 1.51. The van der Waals surface area contributed by atoms with Crippen molar-refractivity contribution in [2.24, 2.45) is 0 Å². The first-order chi connectivity index (χ1) is 7.27. The van der Waals surface area contributed by atoms with Crippen LogP contribution >= 0.6 is 0 Å². The molecule has 0 bridgehead atoms. The molecule has 1 N–H and O–H groups in total. The molecule has 3 aromatic rings. The molecule has 3 aromatic heterocycles. The third kappa shape index (κ3) is 0.923. The lowest BCUT2D eigenvalue weighted by Crippen LogP contribution is -2.19. The van der Waals surface area contributed by atoms with Gasteiger partial charge in [-0.2, -0.15) is 19.3 Å². The number of nitrogens with zero attached hydrogens (tertiary/aromatic N) is 6. The Balaban J connectivity index is 2.66. The lowest BCUT2D eigenvalue weighted by atomic mass is 10.4. The highest BCUT2D eigenvalue weighted by molar-refractivity contribution is 5.73. The van der Waals surface area contributed by atoms with Gasteiger partial charge in [-0.05, 0) is 6.07 Å². The van der Waals surface area contributed by atoms with E-state index >= 15 is 0 Å². The van der Waals surface area contributed by atoms with Crippen LogP contribution in [0.5, 0.6) is 0 Å². The summed E-state index contributed by atoms with van der Waals surface area (Å²) in [4.78, 5) is 15.3. The van der Waals surface area contributed by atoms with Crippen LogP contribution in [0, 0.1) is 0 Å². The third-order valence-corrected chi connectivity index (χ3v) is 2.02. The molecule has 8 nitrogen and oxygen atoms in total. The van der Waals surface area contributed by atoms with E-state index in [0.717, 1.165) is 0 Å². The fraction of sp³-hybridized carbons (Fsp3) is 0. The maximum absolute atomic E-state index is 11.4. The molecule has 0 aliphatic heterocycles. The molecule has 3 rings (SSSR count). The van der Waals surface area contributed by atoms with Crippen LogP contribution in [0.3, 0.4) is 0 Å². The van der Waals surface area contributed by atoms with Gasteiger partial charge in [-0.25, -0.2) is 0 Å². The Morgan fingerprint density at radius 1 is 1.33 bits per heavy atom. The zero-order valence-electron chi connectivity index (χ0n) is 7.27. The standard InChI is InChI=1S/C7H4N6O2/c14-6-5-4(1-2-12(6)15)13-7(11-10-5)8-3-9-13/h1-3,15H. The molecule has 74 valence electrons. The van der Waals surface area contributed by atoms with Gasteiger partial charge in [0, 0.05) is 6.20 Å². The van der Waals surface area contributed by atoms with Crippen LogP contribution in [0.15, 0.2) is 23.4 Å². The molecule has 0 spiro atoms. The minimum atomic E-state index is -0.641. The van der Waals surface area contributed by atoms with Gasteiger partial charge in [0.2, 0.25) is 0 Å². The largest absolute Gasteiger partial charge is 0.425 e. The molecular weight excluding hydrogens is 200 g/mol. The molecule has 8 heteroatoms. The van der Waals surface area contributed by atoms with Crippen LogP contribution in [0.4, 0.5) is 0 Å². The Hall–Kier alpha value is -2.51. The van der Waals surface area contributed by atoms with Crippen molar-refractivity contribution in [3.8, 4) is 0 Å². The monoisotopic (exact) mass is 204 g/mol. The van der Waals surface area contributed by atoms with E-state index in [-0.39, 0.29) is 5.52 Å². The van der Waals surface area contributed by atoms with Crippen molar-refractivity contribution >= 4 is 16.8 Å². The fourth-order valence-corrected chi connectivity index (χ4v) is 1.34. The summed E-state index contributed by atoms with van der Waals surface area (Å²) < 4.78 is 1.82. The van der Waals surface area contributed by atoms with Crippen molar-refractivity contribution in [2.45, 2.75) is 0 Å². The molecule has 0 unspecified atom stereocenters. The summed E-state index contributed by atoms with van der Waals surface area (Å²) in [5.74, 6) is 0.303. The third-order valence-electron chi connectivity index (χ3n) is 2.02. The van der Waals surface area contributed by atoms with Crippen molar-refractivity contribution < 1.29 is 5.21 Å². The van der Waals surface area contributed by atoms with Crippen LogP contribution in [0.25, 0.3) is 16.8 Å². The molecule has 0 aliphatic rings. The number of fused-ring (bicyclic) bond motifs is 3. The molecule has 0 aliphatic carbocycles. The predicted molar refractivity (Wildman–Crippen MR) is 47.5 cm³/mol. The molecule has 0 fully saturated rings. The second-order valence-electron chi connectivity index (χ2n) is 2.87. The van der Waals surface area contributed by atoms with E-state index < -0.39 is 5.56 Å². The van der Waals surface area contributed by atoms with Crippen molar-refractivity contribution in [3.63, 3.8) is 0 Å². The van der Waals surface area contributed by atoms with Gasteiger partial charge in [0.25, 0.3) is 5.78 Å². The summed E-state index contributed by atoms with van der Waals surface area (Å²) in [6.45, 7) is 0. The zero-order valence-corrected chi connectivity index (χ0v) is 7.27. The number of rotatable bonds is 0. The molecule has 0 saturated carbocycles. The number of hydrogen-bond acceptors (Lipinski definition) is 6. The van der Waals surface area contributed by atoms with Gasteiger partial charge in [-0.3, -0.25) is 4.79 Å². The molecule has 0 amide bonds. The maximum atomic E-state index is 11.4. The van der Waals surface area contributed by atoms with E-state index in [2.05, 4.69) is 20.3 Å². The van der Waals surface area contributed by atoms with Gasteiger partial charge in [0.15, 0.2) is 5.52 Å². The summed E-state index contributed by atoms with van der Waals surface area (Å²) >= 11 is 0. The highest BCUT2D eigenvalue weighted by Gasteiger charge is 2.08. The zero-order chi connectivity index (χ0) is 10.4. The molecule has 3 heterocycles. The quantitative estimate of drug-likeness (QED) is 0.475. The van der Waals surface area contributed by atoms with E-state index in [1.165, 1.54) is 23.1 Å². The lowest BCUT2D eigenvalue weighted by Gasteiger charge is -1.99. The van der Waals surface area contributed by atoms with Gasteiger partial charge in [0.1, 0.15) is 11.8 Å². The molecule has 0 radical (unpaired) electrons. The highest BCUT2D eigenvalue weighted by atomic mass is 16.5. The van der Waals surface area contributed by atoms with Crippen LogP contribution in [-0.4, -0.2) is 34.7 Å². The van der Waals surface area contributed by atoms with E-state index in [4.69, 9.17) is 5.21 Å². The van der Waals surface area contributed by atoms with Crippen molar-refractivity contribution in [3.05, 3.63) is 28.9 Å². The molecule has 0 saturated heterocycles. The lowest BCUT2D eigenvalue weighted by molar-refractivity contribution is 0.176. The molecule has 0 atom stereocenters. The molecule has 0 aromatic carbocycles. The molecule has 15 heavy (non-hydrogen) atoms. The smallest absolute Gasteiger partial charge is 0.312 e. The highest BCUT2D eigenvalue weighted by Crippen LogP contribution is 2.05. The average molecular weight is 204 g/mol. The fourth-order valence-electron chi connectivity index (χ4n) is 1.34. The van der Waals surface area contributed by atoms with E-state index in [9.17, 15) is 4.79 Å². The SMILES string of the molecule is O=c1c2nnc3ncnn3c2ccn1O. The Morgan fingerprint density at radius 2 is 2.20 bits per heavy atom. The first kappa shape index (κ1) is 7.85. The number of aromatic nitrogens is 6. The number of pyridine rings is 1. The maximum Gasteiger partial charge on any atom is 0.312 e. The summed E-state index contributed by atoms with van der Waals surface area (Å²) in [5.41, 5.74) is -0.150. The minimum absolute atomic E-state index is 0.0398. The van der Waals surface area contributed by atoms with Gasteiger partial charge < -0.3 is 5.21 Å². The van der Waals surface area contributed by atoms with Crippen LogP contribution < -0.4 is 5.56 Å². The van der Waals surface area contributed by atoms with E-state index in [1.807, 2.05) is 0 Å². The van der Waals surface area contributed by atoms with Crippen LogP contribution in [-0.2, 0) is 0 Å². The van der Waals surface area contributed by atoms with Gasteiger partial charge in [-0.15, -0.1) is 10.2 Å². The second-order valence-corrected chi connectivity index (χ2v) is 2.87. The first-order valence-electron chi connectivity index (χ1n) is 4.04. The first-order valence-corrected chi connectivity index (χ1v) is 4.04. The van der Waals surface area contributed by atoms with Crippen molar-refractivity contribution in [1.29, 1.82) is 0 Å². The second kappa shape index (κ2) is 2.50. The Bertz CT molecular complexity index is 714. The van der Waals surface area contributed by atoms with Crippen LogP contribution in [0.2, 0.25) is 0 Å². The van der Waals surface area contributed by atoms with Gasteiger partial charge in [0.05, 0.1) is 0 Å². The topological polar surface area (TPSA) is 98.2 Å². The number of hydrogen-bond donors (Lipinski definition) is 1. The molecular formula is C7H4N6O2. The minimum Gasteiger partial charge on any atom is -0.425 e. The van der Waals surface area contributed by atoms with Crippen molar-refractivity contribution in [1.82, 2.24) is 29.5 Å². The van der Waals surface area contributed by atoms with Gasteiger partial charge in [-0.1, -0.05) is 0 Å². The predicted octanol–water partition coefficient (Wildman–Crippen LogP) is -0.929. The van der Waals surface area contributed by atoms with Crippen molar-refractivity contribution in [2.75, 3.05) is 0 Å². The van der Waals surface area contributed by atoms with E-state index in [0.29, 0.717) is 16.0 Å². The Labute approximate surface area is 81.4 Å². The summed E-state index contributed by atoms with van der Waals surface area (Å²) in [6.07, 6.45) is 2.53. The average Bonchev–Trinajstić information content (AvgIpc) is 2.71. The van der Waals surface area contributed by atoms with Gasteiger partial charge >= 0.3 is 5.56 Å². The van der Waals surface area contributed by atoms with E-state index in [1.54, 1.807) is 0 Å². The Kier molecular flexibility index (Phi) is 1.31. The van der Waals surface area contributed by atoms with Crippen LogP contribution in [0.1, 0.15) is 0 Å².